The van der Waals surface area contributed by atoms with Gasteiger partial charge in [0.15, 0.2) is 5.82 Å². The molecule has 21 heavy (non-hydrogen) atoms. The number of carbonyl (C=O) groups excluding carboxylic acids is 1. The van der Waals surface area contributed by atoms with Gasteiger partial charge in [-0.05, 0) is 26.0 Å². The SMILES string of the molecule is CC1(C)COCN1C(=O)c1cccc2[nH]c(C(F)F)nc12. The van der Waals surface area contributed by atoms with E-state index in [1.165, 1.54) is 0 Å². The highest BCUT2D eigenvalue weighted by atomic mass is 19.3. The summed E-state index contributed by atoms with van der Waals surface area (Å²) in [6.07, 6.45) is -2.70. The number of rotatable bonds is 2. The second kappa shape index (κ2) is 4.77. The maximum atomic E-state index is 12.8. The molecule has 3 rings (SSSR count). The van der Waals surface area contributed by atoms with Crippen LogP contribution in [-0.4, -0.2) is 39.7 Å². The van der Waals surface area contributed by atoms with Crippen molar-refractivity contribution in [2.24, 2.45) is 0 Å². The molecular weight excluding hydrogens is 280 g/mol. The minimum Gasteiger partial charge on any atom is -0.359 e. The van der Waals surface area contributed by atoms with Gasteiger partial charge >= 0.3 is 0 Å². The Labute approximate surface area is 119 Å². The molecule has 0 atom stereocenters. The third kappa shape index (κ3) is 2.27. The van der Waals surface area contributed by atoms with Gasteiger partial charge in [-0.15, -0.1) is 0 Å². The maximum absolute atomic E-state index is 12.8. The number of imidazole rings is 1. The van der Waals surface area contributed by atoms with Crippen LogP contribution in [0.2, 0.25) is 0 Å². The molecule has 2 aromatic rings. The van der Waals surface area contributed by atoms with Crippen LogP contribution in [0.15, 0.2) is 18.2 Å². The van der Waals surface area contributed by atoms with Gasteiger partial charge in [0.25, 0.3) is 12.3 Å². The molecule has 7 heteroatoms. The molecule has 112 valence electrons. The quantitative estimate of drug-likeness (QED) is 0.926. The lowest BCUT2D eigenvalue weighted by atomic mass is 10.0. The van der Waals surface area contributed by atoms with E-state index in [0.717, 1.165) is 0 Å². The zero-order chi connectivity index (χ0) is 15.2. The first-order valence-corrected chi connectivity index (χ1v) is 6.56. The van der Waals surface area contributed by atoms with Crippen LogP contribution in [0.4, 0.5) is 8.78 Å². The number of ether oxygens (including phenoxy) is 1. The van der Waals surface area contributed by atoms with Gasteiger partial charge in [-0.25, -0.2) is 13.8 Å². The van der Waals surface area contributed by atoms with Gasteiger partial charge in [-0.2, -0.15) is 0 Å². The van der Waals surface area contributed by atoms with Gasteiger partial charge in [-0.1, -0.05) is 6.07 Å². The number of fused-ring (bicyclic) bond motifs is 1. The monoisotopic (exact) mass is 295 g/mol. The van der Waals surface area contributed by atoms with Gasteiger partial charge < -0.3 is 14.6 Å². The van der Waals surface area contributed by atoms with Crippen molar-refractivity contribution in [3.63, 3.8) is 0 Å². The molecule has 5 nitrogen and oxygen atoms in total. The molecule has 0 saturated carbocycles. The van der Waals surface area contributed by atoms with Crippen LogP contribution in [0.5, 0.6) is 0 Å². The summed E-state index contributed by atoms with van der Waals surface area (Å²) in [6, 6.07) is 4.86. The number of para-hydroxylation sites is 1. The van der Waals surface area contributed by atoms with Crippen molar-refractivity contribution in [1.82, 2.24) is 14.9 Å². The molecular formula is C14H15F2N3O2. The van der Waals surface area contributed by atoms with Crippen molar-refractivity contribution in [1.29, 1.82) is 0 Å². The number of aromatic amines is 1. The summed E-state index contributed by atoms with van der Waals surface area (Å²) < 4.78 is 30.8. The number of aromatic nitrogens is 2. The van der Waals surface area contributed by atoms with Gasteiger partial charge in [-0.3, -0.25) is 4.79 Å². The fraction of sp³-hybridized carbons (Fsp3) is 0.429. The van der Waals surface area contributed by atoms with E-state index in [9.17, 15) is 13.6 Å². The number of H-pyrrole nitrogens is 1. The standard InChI is InChI=1S/C14H15F2N3O2/c1-14(2)6-21-7-19(14)13(20)8-4-3-5-9-10(8)18-12(17-9)11(15)16/h3-5,11H,6-7H2,1-2H3,(H,17,18). The van der Waals surface area contributed by atoms with Crippen LogP contribution in [0.1, 0.15) is 36.5 Å². The van der Waals surface area contributed by atoms with E-state index in [1.807, 2.05) is 13.8 Å². The van der Waals surface area contributed by atoms with E-state index in [4.69, 9.17) is 4.74 Å². The average Bonchev–Trinajstić information content (AvgIpc) is 3.00. The van der Waals surface area contributed by atoms with E-state index >= 15 is 0 Å². The van der Waals surface area contributed by atoms with Gasteiger partial charge in [0, 0.05) is 0 Å². The summed E-state index contributed by atoms with van der Waals surface area (Å²) in [5.41, 5.74) is 0.560. The minimum absolute atomic E-state index is 0.189. The van der Waals surface area contributed by atoms with Crippen LogP contribution >= 0.6 is 0 Å². The Morgan fingerprint density at radius 2 is 2.24 bits per heavy atom. The molecule has 1 aromatic heterocycles. The summed E-state index contributed by atoms with van der Waals surface area (Å²) in [4.78, 5) is 20.6. The van der Waals surface area contributed by atoms with E-state index in [1.54, 1.807) is 23.1 Å². The second-order valence-electron chi connectivity index (χ2n) is 5.65. The van der Waals surface area contributed by atoms with E-state index < -0.39 is 17.8 Å². The third-order valence-corrected chi connectivity index (χ3v) is 3.62. The van der Waals surface area contributed by atoms with E-state index in [-0.39, 0.29) is 18.2 Å². The molecule has 1 N–H and O–H groups in total. The topological polar surface area (TPSA) is 58.2 Å². The predicted octanol–water partition coefficient (Wildman–Crippen LogP) is 2.71. The molecule has 1 aliphatic rings. The molecule has 1 aromatic carbocycles. The van der Waals surface area contributed by atoms with E-state index in [2.05, 4.69) is 9.97 Å². The zero-order valence-electron chi connectivity index (χ0n) is 11.7. The number of benzene rings is 1. The molecule has 0 aliphatic carbocycles. The summed E-state index contributed by atoms with van der Waals surface area (Å²) in [7, 11) is 0. The molecule has 1 aliphatic heterocycles. The molecule has 1 saturated heterocycles. The lowest BCUT2D eigenvalue weighted by Crippen LogP contribution is -2.44. The van der Waals surface area contributed by atoms with Crippen LogP contribution in [0.25, 0.3) is 11.0 Å². The first-order valence-electron chi connectivity index (χ1n) is 6.56. The van der Waals surface area contributed by atoms with Crippen LogP contribution in [0, 0.1) is 0 Å². The fourth-order valence-electron chi connectivity index (χ4n) is 2.45. The molecule has 0 unspecified atom stereocenters. The molecule has 0 radical (unpaired) electrons. The highest BCUT2D eigenvalue weighted by Gasteiger charge is 2.37. The molecule has 1 fully saturated rings. The maximum Gasteiger partial charge on any atom is 0.295 e. The average molecular weight is 295 g/mol. The number of carbonyl (C=O) groups is 1. The molecule has 2 heterocycles. The smallest absolute Gasteiger partial charge is 0.295 e. The van der Waals surface area contributed by atoms with E-state index in [0.29, 0.717) is 17.7 Å². The van der Waals surface area contributed by atoms with Gasteiger partial charge in [0.1, 0.15) is 12.2 Å². The van der Waals surface area contributed by atoms with Crippen molar-refractivity contribution < 1.29 is 18.3 Å². The van der Waals surface area contributed by atoms with Crippen LogP contribution in [0.3, 0.4) is 0 Å². The number of hydrogen-bond donors (Lipinski definition) is 1. The first-order chi connectivity index (χ1) is 9.90. The second-order valence-corrected chi connectivity index (χ2v) is 5.65. The van der Waals surface area contributed by atoms with Crippen LogP contribution in [-0.2, 0) is 4.74 Å². The molecule has 0 bridgehead atoms. The van der Waals surface area contributed by atoms with Gasteiger partial charge in [0.2, 0.25) is 0 Å². The summed E-state index contributed by atoms with van der Waals surface area (Å²) in [5, 5.41) is 0. The number of nitrogens with one attached hydrogen (secondary N) is 1. The predicted molar refractivity (Wildman–Crippen MR) is 72.1 cm³/mol. The van der Waals surface area contributed by atoms with Gasteiger partial charge in [0.05, 0.1) is 23.2 Å². The highest BCUT2D eigenvalue weighted by molar-refractivity contribution is 6.05. The summed E-state index contributed by atoms with van der Waals surface area (Å²) in [6.45, 7) is 4.42. The Morgan fingerprint density at radius 3 is 2.86 bits per heavy atom. The number of nitrogens with zero attached hydrogens (tertiary/aromatic N) is 2. The Kier molecular flexibility index (Phi) is 3.16. The lowest BCUT2D eigenvalue weighted by molar-refractivity contribution is 0.0607. The number of hydrogen-bond acceptors (Lipinski definition) is 3. The Morgan fingerprint density at radius 1 is 1.48 bits per heavy atom. The Hall–Kier alpha value is -2.02. The van der Waals surface area contributed by atoms with Crippen LogP contribution < -0.4 is 0 Å². The summed E-state index contributed by atoms with van der Waals surface area (Å²) >= 11 is 0. The minimum atomic E-state index is -2.70. The van der Waals surface area contributed by atoms with Crippen molar-refractivity contribution in [3.05, 3.63) is 29.6 Å². The van der Waals surface area contributed by atoms with Crippen molar-refractivity contribution in [2.45, 2.75) is 25.8 Å². The highest BCUT2D eigenvalue weighted by Crippen LogP contribution is 2.27. The lowest BCUT2D eigenvalue weighted by Gasteiger charge is -2.29. The zero-order valence-corrected chi connectivity index (χ0v) is 11.7. The largest absolute Gasteiger partial charge is 0.359 e. The Balaban J connectivity index is 2.06. The first kappa shape index (κ1) is 13.9. The fourth-order valence-corrected chi connectivity index (χ4v) is 2.45. The van der Waals surface area contributed by atoms with Crippen molar-refractivity contribution in [3.8, 4) is 0 Å². The molecule has 1 amide bonds. The number of alkyl halides is 2. The normalized spacial score (nSPS) is 17.9. The van der Waals surface area contributed by atoms with Crippen molar-refractivity contribution in [2.75, 3.05) is 13.3 Å². The number of amides is 1. The third-order valence-electron chi connectivity index (χ3n) is 3.62. The summed E-state index contributed by atoms with van der Waals surface area (Å²) in [5.74, 6) is -0.697. The molecule has 0 spiro atoms. The Bertz CT molecular complexity index is 697. The number of halogens is 2. The van der Waals surface area contributed by atoms with Crippen molar-refractivity contribution >= 4 is 16.9 Å².